The fraction of sp³-hybridized carbons (Fsp3) is 0. The van der Waals surface area contributed by atoms with Gasteiger partial charge in [0, 0.05) is 47.6 Å². The summed E-state index contributed by atoms with van der Waals surface area (Å²) in [5.41, 5.74) is 6.87. The van der Waals surface area contributed by atoms with Gasteiger partial charge in [-0.15, -0.1) is 11.3 Å². The Morgan fingerprint density at radius 2 is 0.981 bits per heavy atom. The molecule has 3 aromatic heterocycles. The van der Waals surface area contributed by atoms with Gasteiger partial charge in [0.05, 0.1) is 6.85 Å². The molecular formula is C49H29N3OS. The van der Waals surface area contributed by atoms with E-state index in [-0.39, 0.29) is 29.7 Å². The molecule has 54 heavy (non-hydrogen) atoms. The van der Waals surface area contributed by atoms with Crippen LogP contribution in [-0.4, -0.2) is 15.0 Å². The van der Waals surface area contributed by atoms with Crippen molar-refractivity contribution < 1.29 is 11.3 Å². The Hall–Kier alpha value is -6.95. The maximum absolute atomic E-state index is 8.71. The summed E-state index contributed by atoms with van der Waals surface area (Å²) in [7, 11) is 0. The van der Waals surface area contributed by atoms with E-state index in [2.05, 4.69) is 54.6 Å². The summed E-state index contributed by atoms with van der Waals surface area (Å²) < 4.78 is 50.4. The first-order chi connectivity index (χ1) is 28.8. The number of fused-ring (bicyclic) bond motifs is 7. The van der Waals surface area contributed by atoms with Crippen LogP contribution in [0.2, 0.25) is 0 Å². The lowest BCUT2D eigenvalue weighted by Gasteiger charge is -2.11. The number of hydrogen-bond donors (Lipinski definition) is 0. The number of hydrogen-bond acceptors (Lipinski definition) is 5. The Morgan fingerprint density at radius 3 is 1.80 bits per heavy atom. The van der Waals surface area contributed by atoms with Gasteiger partial charge in [0.25, 0.3) is 0 Å². The SMILES string of the molecule is [2H]c1c([2H])c([2H])c(-c2cccc3c2sc2c(-c4cccc(-c5nc(-c6ccc7c(c6)oc6ccccc67)nc(-c6cccc7ccccc67)n5)c4)cccc23)c([2H])c1[2H]. The van der Waals surface area contributed by atoms with Crippen molar-refractivity contribution in [2.24, 2.45) is 0 Å². The summed E-state index contributed by atoms with van der Waals surface area (Å²) in [5, 5.41) is 6.18. The molecule has 8 aromatic carbocycles. The van der Waals surface area contributed by atoms with Crippen molar-refractivity contribution in [3.63, 3.8) is 0 Å². The zero-order chi connectivity index (χ0) is 39.9. The monoisotopic (exact) mass is 712 g/mol. The van der Waals surface area contributed by atoms with Crippen LogP contribution < -0.4 is 0 Å². The normalized spacial score (nSPS) is 13.0. The van der Waals surface area contributed by atoms with Gasteiger partial charge in [-0.3, -0.25) is 0 Å². The van der Waals surface area contributed by atoms with Crippen molar-refractivity contribution in [2.75, 3.05) is 0 Å². The van der Waals surface area contributed by atoms with Gasteiger partial charge in [-0.1, -0.05) is 152 Å². The molecule has 252 valence electrons. The Balaban J connectivity index is 1.08. The molecule has 0 aliphatic carbocycles. The van der Waals surface area contributed by atoms with E-state index in [9.17, 15) is 0 Å². The van der Waals surface area contributed by atoms with Gasteiger partial charge in [0.15, 0.2) is 17.5 Å². The fourth-order valence-corrected chi connectivity index (χ4v) is 8.85. The summed E-state index contributed by atoms with van der Waals surface area (Å²) >= 11 is 1.56. The second-order valence-electron chi connectivity index (χ2n) is 13.2. The first-order valence-corrected chi connectivity index (χ1v) is 18.4. The van der Waals surface area contributed by atoms with Crippen LogP contribution in [0, 0.1) is 0 Å². The molecule has 0 saturated heterocycles. The maximum atomic E-state index is 8.71. The molecule has 5 heteroatoms. The molecule has 0 radical (unpaired) electrons. The molecule has 11 aromatic rings. The summed E-state index contributed by atoms with van der Waals surface area (Å²) in [4.78, 5) is 15.3. The van der Waals surface area contributed by atoms with Crippen LogP contribution in [0.5, 0.6) is 0 Å². The number of benzene rings is 8. The third kappa shape index (κ3) is 5.01. The van der Waals surface area contributed by atoms with E-state index in [0.29, 0.717) is 23.0 Å². The van der Waals surface area contributed by atoms with Gasteiger partial charge in [0.2, 0.25) is 0 Å². The molecule has 0 amide bonds. The van der Waals surface area contributed by atoms with Crippen LogP contribution in [-0.2, 0) is 0 Å². The lowest BCUT2D eigenvalue weighted by atomic mass is 9.99. The van der Waals surface area contributed by atoms with Crippen LogP contribution in [0.25, 0.3) is 109 Å². The summed E-state index contributed by atoms with van der Waals surface area (Å²) in [6.07, 6.45) is 0. The van der Waals surface area contributed by atoms with E-state index >= 15 is 0 Å². The van der Waals surface area contributed by atoms with Gasteiger partial charge in [-0.05, 0) is 57.3 Å². The molecule has 0 atom stereocenters. The van der Waals surface area contributed by atoms with Crippen LogP contribution in [0.15, 0.2) is 180 Å². The Kier molecular flexibility index (Phi) is 5.92. The average molecular weight is 713 g/mol. The first kappa shape index (κ1) is 25.9. The van der Waals surface area contributed by atoms with Crippen LogP contribution >= 0.6 is 11.3 Å². The second kappa shape index (κ2) is 12.3. The second-order valence-corrected chi connectivity index (χ2v) is 14.2. The molecule has 11 rings (SSSR count). The molecule has 3 heterocycles. The molecule has 0 unspecified atom stereocenters. The van der Waals surface area contributed by atoms with Crippen molar-refractivity contribution in [1.82, 2.24) is 15.0 Å². The van der Waals surface area contributed by atoms with Crippen LogP contribution in [0.1, 0.15) is 6.85 Å². The highest BCUT2D eigenvalue weighted by molar-refractivity contribution is 7.26. The highest BCUT2D eigenvalue weighted by Gasteiger charge is 2.18. The minimum absolute atomic E-state index is 0.198. The molecule has 0 saturated carbocycles. The van der Waals surface area contributed by atoms with Crippen molar-refractivity contribution in [1.29, 1.82) is 0 Å². The summed E-state index contributed by atoms with van der Waals surface area (Å²) in [6, 6.07) is 47.1. The van der Waals surface area contributed by atoms with Crippen LogP contribution in [0.4, 0.5) is 0 Å². The Morgan fingerprint density at radius 1 is 0.407 bits per heavy atom. The Labute approximate surface area is 321 Å². The predicted octanol–water partition coefficient (Wildman–Crippen LogP) is 13.6. The molecule has 0 aliphatic heterocycles. The van der Waals surface area contributed by atoms with Gasteiger partial charge in [0.1, 0.15) is 11.2 Å². The lowest BCUT2D eigenvalue weighted by molar-refractivity contribution is 0.669. The number of para-hydroxylation sites is 1. The predicted molar refractivity (Wildman–Crippen MR) is 225 cm³/mol. The minimum Gasteiger partial charge on any atom is -0.456 e. The Bertz CT molecular complexity index is 3510. The highest BCUT2D eigenvalue weighted by Crippen LogP contribution is 2.44. The standard InChI is InChI=1S/C49H29N3OS/c1-2-12-31(13-3-1)36-20-10-22-40-41-23-11-21-37(46(41)54-45(36)40)32-16-8-17-33(28-32)47-50-48(34-26-27-39-38-19-6-7-25-43(38)53-44(39)29-34)52-49(51-47)42-24-9-15-30-14-4-5-18-35(30)42/h1-29H/i1D,2D,3D,12D,13D. The third-order valence-corrected chi connectivity index (χ3v) is 11.3. The van der Waals surface area contributed by atoms with Crippen molar-refractivity contribution >= 4 is 64.2 Å². The van der Waals surface area contributed by atoms with Crippen molar-refractivity contribution in [2.45, 2.75) is 0 Å². The number of rotatable bonds is 5. The average Bonchev–Trinajstić information content (AvgIpc) is 3.86. The number of nitrogens with zero attached hydrogens (tertiary/aromatic N) is 3. The highest BCUT2D eigenvalue weighted by atomic mass is 32.1. The zero-order valence-corrected chi connectivity index (χ0v) is 29.3. The molecule has 0 spiro atoms. The molecule has 4 nitrogen and oxygen atoms in total. The zero-order valence-electron chi connectivity index (χ0n) is 33.5. The molecule has 0 aliphatic rings. The molecular weight excluding hydrogens is 679 g/mol. The minimum atomic E-state index is -0.406. The van der Waals surface area contributed by atoms with E-state index in [0.717, 1.165) is 80.7 Å². The van der Waals surface area contributed by atoms with Crippen molar-refractivity contribution in [3.05, 3.63) is 176 Å². The largest absolute Gasteiger partial charge is 0.456 e. The maximum Gasteiger partial charge on any atom is 0.164 e. The molecule has 0 N–H and O–H groups in total. The van der Waals surface area contributed by atoms with E-state index in [4.69, 9.17) is 26.2 Å². The lowest BCUT2D eigenvalue weighted by Crippen LogP contribution is -2.00. The topological polar surface area (TPSA) is 51.8 Å². The molecule has 0 fully saturated rings. The first-order valence-electron chi connectivity index (χ1n) is 20.1. The molecule has 0 bridgehead atoms. The number of aromatic nitrogens is 3. The fourth-order valence-electron chi connectivity index (χ4n) is 7.49. The smallest absolute Gasteiger partial charge is 0.164 e. The number of furan rings is 1. The summed E-state index contributed by atoms with van der Waals surface area (Å²) in [6.45, 7) is 0. The van der Waals surface area contributed by atoms with Gasteiger partial charge < -0.3 is 4.42 Å². The van der Waals surface area contributed by atoms with E-state index in [1.165, 1.54) is 0 Å². The van der Waals surface area contributed by atoms with Crippen molar-refractivity contribution in [3.8, 4) is 56.4 Å². The quantitative estimate of drug-likeness (QED) is 0.178. The van der Waals surface area contributed by atoms with Crippen LogP contribution in [0.3, 0.4) is 0 Å². The summed E-state index contributed by atoms with van der Waals surface area (Å²) in [5.74, 6) is 1.61. The van der Waals surface area contributed by atoms with E-state index < -0.39 is 6.04 Å². The van der Waals surface area contributed by atoms with Gasteiger partial charge in [-0.2, -0.15) is 0 Å². The van der Waals surface area contributed by atoms with E-state index in [1.54, 1.807) is 11.3 Å². The van der Waals surface area contributed by atoms with Gasteiger partial charge >= 0.3 is 0 Å². The third-order valence-electron chi connectivity index (χ3n) is 10.0. The van der Waals surface area contributed by atoms with Gasteiger partial charge in [-0.25, -0.2) is 15.0 Å². The van der Waals surface area contributed by atoms with E-state index in [1.807, 2.05) is 91.0 Å². The number of thiophene rings is 1.